The third kappa shape index (κ3) is 3.67. The average molecular weight is 284 g/mol. The zero-order valence-electron chi connectivity index (χ0n) is 11.8. The zero-order valence-corrected chi connectivity index (χ0v) is 11.8. The maximum absolute atomic E-state index is 12.1. The molecule has 1 heterocycles. The molecule has 0 bridgehead atoms. The van der Waals surface area contributed by atoms with Gasteiger partial charge in [-0.3, -0.25) is 4.90 Å². The topological polar surface area (TPSA) is 38.5 Å². The first kappa shape index (κ1) is 15.2. The van der Waals surface area contributed by atoms with Gasteiger partial charge in [0.2, 0.25) is 0 Å². The Labute approximate surface area is 118 Å². The van der Waals surface area contributed by atoms with Crippen LogP contribution in [0.2, 0.25) is 0 Å². The van der Waals surface area contributed by atoms with Gasteiger partial charge in [0.25, 0.3) is 0 Å². The van der Waals surface area contributed by atoms with Crippen LogP contribution in [0.5, 0.6) is 5.75 Å². The Morgan fingerprint density at radius 3 is 2.55 bits per heavy atom. The van der Waals surface area contributed by atoms with Crippen molar-refractivity contribution in [3.05, 3.63) is 29.8 Å². The molecule has 1 aromatic rings. The molecular weight excluding hydrogens is 262 g/mol. The summed E-state index contributed by atoms with van der Waals surface area (Å²) in [6, 6.07) is 6.98. The summed E-state index contributed by atoms with van der Waals surface area (Å²) in [5.74, 6) is 0.929. The molecule has 20 heavy (non-hydrogen) atoms. The fraction of sp³-hybridized carbons (Fsp3) is 0.600. The van der Waals surface area contributed by atoms with Crippen molar-refractivity contribution in [2.45, 2.75) is 32.4 Å². The highest BCUT2D eigenvalue weighted by Crippen LogP contribution is 2.29. The number of nitrogens with zero attached hydrogens (tertiary/aromatic N) is 1. The van der Waals surface area contributed by atoms with Gasteiger partial charge in [-0.25, -0.2) is 0 Å². The summed E-state index contributed by atoms with van der Waals surface area (Å²) in [4.78, 5) is 2.39. The smallest absolute Gasteiger partial charge is 0.387 e. The highest BCUT2D eigenvalue weighted by atomic mass is 19.3. The summed E-state index contributed by atoms with van der Waals surface area (Å²) in [5, 5.41) is 0. The number of benzene rings is 1. The first-order valence-electron chi connectivity index (χ1n) is 7.13. The van der Waals surface area contributed by atoms with Crippen LogP contribution < -0.4 is 10.5 Å². The van der Waals surface area contributed by atoms with Crippen LogP contribution in [0.15, 0.2) is 24.3 Å². The molecule has 3 nitrogen and oxygen atoms in total. The molecule has 5 heteroatoms. The van der Waals surface area contributed by atoms with Crippen LogP contribution in [-0.2, 0) is 0 Å². The summed E-state index contributed by atoms with van der Waals surface area (Å²) >= 11 is 0. The first-order valence-corrected chi connectivity index (χ1v) is 7.13. The molecule has 0 aromatic heterocycles. The van der Waals surface area contributed by atoms with E-state index in [0.717, 1.165) is 24.6 Å². The van der Waals surface area contributed by atoms with Gasteiger partial charge >= 0.3 is 6.61 Å². The second-order valence-electron chi connectivity index (χ2n) is 5.26. The van der Waals surface area contributed by atoms with E-state index in [2.05, 4.69) is 16.6 Å². The van der Waals surface area contributed by atoms with Gasteiger partial charge in [-0.15, -0.1) is 0 Å². The number of likely N-dealkylation sites (tertiary alicyclic amines) is 1. The molecule has 0 spiro atoms. The lowest BCUT2D eigenvalue weighted by Crippen LogP contribution is -2.32. The second kappa shape index (κ2) is 6.99. The normalized spacial score (nSPS) is 21.4. The highest BCUT2D eigenvalue weighted by Gasteiger charge is 2.27. The Hall–Kier alpha value is -1.20. The molecule has 112 valence electrons. The predicted molar refractivity (Wildman–Crippen MR) is 74.8 cm³/mol. The standard InChI is InChI=1S/C15H22F2N2O/c1-2-11-7-8-19(10-11)14(9-18)12-3-5-13(6-4-12)20-15(16)17/h3-6,11,14-15H,2,7-10,18H2,1H3. The molecule has 1 aliphatic rings. The van der Waals surface area contributed by atoms with Crippen molar-refractivity contribution in [2.75, 3.05) is 19.6 Å². The number of alkyl halides is 2. The molecule has 1 aliphatic heterocycles. The van der Waals surface area contributed by atoms with E-state index in [1.807, 2.05) is 12.1 Å². The fourth-order valence-electron chi connectivity index (χ4n) is 2.85. The molecule has 0 saturated carbocycles. The van der Waals surface area contributed by atoms with E-state index >= 15 is 0 Å². The van der Waals surface area contributed by atoms with Gasteiger partial charge in [-0.2, -0.15) is 8.78 Å². The second-order valence-corrected chi connectivity index (χ2v) is 5.26. The Kier molecular flexibility index (Phi) is 5.31. The van der Waals surface area contributed by atoms with E-state index in [0.29, 0.717) is 6.54 Å². The van der Waals surface area contributed by atoms with Gasteiger partial charge in [-0.05, 0) is 36.6 Å². The molecule has 1 saturated heterocycles. The molecule has 1 aromatic carbocycles. The summed E-state index contributed by atoms with van der Waals surface area (Å²) < 4.78 is 28.6. The Balaban J connectivity index is 2.04. The van der Waals surface area contributed by atoms with Crippen molar-refractivity contribution >= 4 is 0 Å². The number of hydrogen-bond donors (Lipinski definition) is 1. The van der Waals surface area contributed by atoms with Crippen LogP contribution in [0.1, 0.15) is 31.4 Å². The summed E-state index contributed by atoms with van der Waals surface area (Å²) in [7, 11) is 0. The van der Waals surface area contributed by atoms with Crippen molar-refractivity contribution in [3.8, 4) is 5.75 Å². The van der Waals surface area contributed by atoms with Crippen molar-refractivity contribution in [2.24, 2.45) is 11.7 Å². The van der Waals surface area contributed by atoms with Crippen LogP contribution in [0.4, 0.5) is 8.78 Å². The minimum absolute atomic E-state index is 0.159. The van der Waals surface area contributed by atoms with Crippen LogP contribution in [0, 0.1) is 5.92 Å². The van der Waals surface area contributed by atoms with E-state index in [-0.39, 0.29) is 11.8 Å². The summed E-state index contributed by atoms with van der Waals surface area (Å²) in [6.07, 6.45) is 2.40. The first-order chi connectivity index (χ1) is 9.63. The van der Waals surface area contributed by atoms with Crippen molar-refractivity contribution in [1.29, 1.82) is 0 Å². The Bertz CT molecular complexity index is 411. The predicted octanol–water partition coefficient (Wildman–Crippen LogP) is 3.02. The third-order valence-corrected chi connectivity index (χ3v) is 4.05. The molecule has 0 radical (unpaired) electrons. The van der Waals surface area contributed by atoms with Gasteiger partial charge in [-0.1, -0.05) is 25.5 Å². The number of ether oxygens (including phenoxy) is 1. The van der Waals surface area contributed by atoms with E-state index < -0.39 is 6.61 Å². The molecule has 2 atom stereocenters. The van der Waals surface area contributed by atoms with Gasteiger partial charge < -0.3 is 10.5 Å². The van der Waals surface area contributed by atoms with E-state index in [9.17, 15) is 8.78 Å². The van der Waals surface area contributed by atoms with Gasteiger partial charge in [0.05, 0.1) is 0 Å². The lowest BCUT2D eigenvalue weighted by atomic mass is 10.0. The number of rotatable bonds is 6. The monoisotopic (exact) mass is 284 g/mol. The van der Waals surface area contributed by atoms with Crippen LogP contribution in [-0.4, -0.2) is 31.1 Å². The van der Waals surface area contributed by atoms with Crippen LogP contribution >= 0.6 is 0 Å². The number of hydrogen-bond acceptors (Lipinski definition) is 3. The van der Waals surface area contributed by atoms with Crippen molar-refractivity contribution in [1.82, 2.24) is 4.90 Å². The van der Waals surface area contributed by atoms with Crippen LogP contribution in [0.25, 0.3) is 0 Å². The average Bonchev–Trinajstić information content (AvgIpc) is 2.90. The molecular formula is C15H22F2N2O. The molecule has 2 rings (SSSR count). The minimum Gasteiger partial charge on any atom is -0.435 e. The molecule has 1 fully saturated rings. The van der Waals surface area contributed by atoms with E-state index in [4.69, 9.17) is 5.73 Å². The Morgan fingerprint density at radius 2 is 2.05 bits per heavy atom. The molecule has 2 N–H and O–H groups in total. The lowest BCUT2D eigenvalue weighted by molar-refractivity contribution is -0.0498. The fourth-order valence-corrected chi connectivity index (χ4v) is 2.85. The number of nitrogens with two attached hydrogens (primary N) is 1. The largest absolute Gasteiger partial charge is 0.435 e. The van der Waals surface area contributed by atoms with Gasteiger partial charge in [0, 0.05) is 19.1 Å². The highest BCUT2D eigenvalue weighted by molar-refractivity contribution is 5.29. The van der Waals surface area contributed by atoms with Crippen molar-refractivity contribution < 1.29 is 13.5 Å². The van der Waals surface area contributed by atoms with Gasteiger partial charge in [0.1, 0.15) is 5.75 Å². The maximum Gasteiger partial charge on any atom is 0.387 e. The van der Waals surface area contributed by atoms with E-state index in [1.54, 1.807) is 12.1 Å². The quantitative estimate of drug-likeness (QED) is 0.872. The minimum atomic E-state index is -2.78. The Morgan fingerprint density at radius 1 is 1.35 bits per heavy atom. The SMILES string of the molecule is CCC1CCN(C(CN)c2ccc(OC(F)F)cc2)C1. The summed E-state index contributed by atoms with van der Waals surface area (Å²) in [5.41, 5.74) is 6.96. The van der Waals surface area contributed by atoms with Crippen molar-refractivity contribution in [3.63, 3.8) is 0 Å². The lowest BCUT2D eigenvalue weighted by Gasteiger charge is -2.27. The third-order valence-electron chi connectivity index (χ3n) is 4.05. The molecule has 0 aliphatic carbocycles. The van der Waals surface area contributed by atoms with Crippen LogP contribution in [0.3, 0.4) is 0 Å². The van der Waals surface area contributed by atoms with Gasteiger partial charge in [0.15, 0.2) is 0 Å². The molecule has 0 amide bonds. The number of halogens is 2. The maximum atomic E-state index is 12.1. The zero-order chi connectivity index (χ0) is 14.5. The summed E-state index contributed by atoms with van der Waals surface area (Å²) in [6.45, 7) is 2.08. The molecule has 2 unspecified atom stereocenters. The van der Waals surface area contributed by atoms with E-state index in [1.165, 1.54) is 12.8 Å².